The topological polar surface area (TPSA) is 52.5 Å². The van der Waals surface area contributed by atoms with E-state index in [1.54, 1.807) is 0 Å². The number of aliphatic hydroxyl groups excluding tert-OH is 1. The van der Waals surface area contributed by atoms with Gasteiger partial charge in [-0.15, -0.1) is 10.2 Å². The van der Waals surface area contributed by atoms with E-state index in [9.17, 15) is 18.3 Å². The highest BCUT2D eigenvalue weighted by molar-refractivity contribution is 7.15. The Balaban J connectivity index is 1.56. The van der Waals surface area contributed by atoms with Gasteiger partial charge in [-0.25, -0.2) is 0 Å². The molecule has 1 N–H and O–H groups in total. The minimum atomic E-state index is -4.45. The summed E-state index contributed by atoms with van der Waals surface area (Å²) in [5.74, 6) is 0. The lowest BCUT2D eigenvalue weighted by atomic mass is 10.0. The minimum Gasteiger partial charge on any atom is -0.387 e. The van der Waals surface area contributed by atoms with Crippen LogP contribution in [-0.4, -0.2) is 52.9 Å². The maximum Gasteiger partial charge on any atom is 0.445 e. The second-order valence-corrected chi connectivity index (χ2v) is 7.51. The van der Waals surface area contributed by atoms with Crippen molar-refractivity contribution in [2.75, 3.05) is 37.6 Å². The SMILES string of the molecule is Cc1ccc([C@H](O)CN2CCN(c3nnc(C(F)(F)F)s3)CC2)c(C)c1. The van der Waals surface area contributed by atoms with Gasteiger partial charge in [-0.2, -0.15) is 13.2 Å². The van der Waals surface area contributed by atoms with Crippen molar-refractivity contribution in [2.45, 2.75) is 26.1 Å². The van der Waals surface area contributed by atoms with Crippen LogP contribution in [0.25, 0.3) is 0 Å². The number of rotatable bonds is 4. The molecule has 1 aromatic carbocycles. The van der Waals surface area contributed by atoms with Gasteiger partial charge < -0.3 is 10.0 Å². The predicted molar refractivity (Wildman–Crippen MR) is 94.4 cm³/mol. The second kappa shape index (κ2) is 7.50. The molecule has 2 aromatic rings. The van der Waals surface area contributed by atoms with Gasteiger partial charge in [0.15, 0.2) is 0 Å². The van der Waals surface area contributed by atoms with Crippen LogP contribution in [0.1, 0.15) is 27.8 Å². The van der Waals surface area contributed by atoms with Gasteiger partial charge in [0.1, 0.15) is 0 Å². The van der Waals surface area contributed by atoms with E-state index < -0.39 is 17.3 Å². The molecule has 5 nitrogen and oxygen atoms in total. The van der Waals surface area contributed by atoms with Crippen molar-refractivity contribution >= 4 is 16.5 Å². The molecule has 1 aromatic heterocycles. The zero-order valence-corrected chi connectivity index (χ0v) is 15.4. The third-order valence-electron chi connectivity index (χ3n) is 4.52. The zero-order valence-electron chi connectivity index (χ0n) is 14.6. The molecule has 0 saturated carbocycles. The van der Waals surface area contributed by atoms with Crippen LogP contribution in [-0.2, 0) is 6.18 Å². The van der Waals surface area contributed by atoms with E-state index in [1.807, 2.05) is 36.9 Å². The summed E-state index contributed by atoms with van der Waals surface area (Å²) in [4.78, 5) is 3.93. The first-order chi connectivity index (χ1) is 12.2. The Morgan fingerprint density at radius 3 is 2.42 bits per heavy atom. The Morgan fingerprint density at radius 2 is 1.85 bits per heavy atom. The van der Waals surface area contributed by atoms with Gasteiger partial charge in [0.25, 0.3) is 0 Å². The number of β-amino-alcohol motifs (C(OH)–C–C–N with tert-alkyl or cyclic N) is 1. The van der Waals surface area contributed by atoms with Crippen LogP contribution < -0.4 is 4.90 Å². The van der Waals surface area contributed by atoms with Gasteiger partial charge in [-0.1, -0.05) is 35.1 Å². The van der Waals surface area contributed by atoms with Crippen LogP contribution in [0.3, 0.4) is 0 Å². The molecule has 3 rings (SSSR count). The molecule has 0 spiro atoms. The summed E-state index contributed by atoms with van der Waals surface area (Å²) in [5.41, 5.74) is 3.13. The van der Waals surface area contributed by atoms with Gasteiger partial charge in [0.2, 0.25) is 10.1 Å². The zero-order chi connectivity index (χ0) is 18.9. The van der Waals surface area contributed by atoms with Gasteiger partial charge in [-0.05, 0) is 25.0 Å². The van der Waals surface area contributed by atoms with Crippen molar-refractivity contribution in [3.05, 3.63) is 39.9 Å². The average molecular weight is 386 g/mol. The van der Waals surface area contributed by atoms with Crippen LogP contribution in [0, 0.1) is 13.8 Å². The smallest absolute Gasteiger partial charge is 0.387 e. The second-order valence-electron chi connectivity index (χ2n) is 6.55. The largest absolute Gasteiger partial charge is 0.445 e. The van der Waals surface area contributed by atoms with E-state index in [0.29, 0.717) is 49.2 Å². The van der Waals surface area contributed by atoms with Crippen LogP contribution in [0.2, 0.25) is 0 Å². The van der Waals surface area contributed by atoms with Crippen LogP contribution >= 0.6 is 11.3 Å². The fourth-order valence-corrected chi connectivity index (χ4v) is 3.89. The molecule has 0 unspecified atom stereocenters. The number of anilines is 1. The molecule has 0 amide bonds. The van der Waals surface area contributed by atoms with Gasteiger partial charge >= 0.3 is 6.18 Å². The van der Waals surface area contributed by atoms with Gasteiger partial charge in [0.05, 0.1) is 6.10 Å². The van der Waals surface area contributed by atoms with Crippen molar-refractivity contribution in [1.82, 2.24) is 15.1 Å². The molecule has 1 fully saturated rings. The predicted octanol–water partition coefficient (Wildman–Crippen LogP) is 3.03. The summed E-state index contributed by atoms with van der Waals surface area (Å²) < 4.78 is 37.9. The van der Waals surface area contributed by atoms with Crippen LogP contribution in [0.15, 0.2) is 18.2 Å². The molecular formula is C17H21F3N4OS. The van der Waals surface area contributed by atoms with Gasteiger partial charge in [-0.3, -0.25) is 4.90 Å². The number of hydrogen-bond acceptors (Lipinski definition) is 6. The summed E-state index contributed by atoms with van der Waals surface area (Å²) in [6.45, 7) is 6.93. The summed E-state index contributed by atoms with van der Waals surface area (Å²) in [6.07, 6.45) is -5.03. The van der Waals surface area contributed by atoms with E-state index in [0.717, 1.165) is 16.7 Å². The van der Waals surface area contributed by atoms with E-state index in [2.05, 4.69) is 15.1 Å². The maximum absolute atomic E-state index is 12.6. The molecule has 0 bridgehead atoms. The average Bonchev–Trinajstić information content (AvgIpc) is 3.05. The highest BCUT2D eigenvalue weighted by atomic mass is 32.1. The number of hydrogen-bond donors (Lipinski definition) is 1. The van der Waals surface area contributed by atoms with Crippen LogP contribution in [0.5, 0.6) is 0 Å². The fourth-order valence-electron chi connectivity index (χ4n) is 3.12. The standard InChI is InChI=1S/C17H21F3N4OS/c1-11-3-4-13(12(2)9-11)14(25)10-23-5-7-24(8-6-23)16-22-21-15(26-16)17(18,19)20/h3-4,9,14,25H,5-8,10H2,1-2H3/t14-/m1/s1. The first-order valence-electron chi connectivity index (χ1n) is 8.37. The first-order valence-corrected chi connectivity index (χ1v) is 9.19. The molecule has 142 valence electrons. The quantitative estimate of drug-likeness (QED) is 0.876. The van der Waals surface area contributed by atoms with Crippen LogP contribution in [0.4, 0.5) is 18.3 Å². The number of piperazine rings is 1. The minimum absolute atomic E-state index is 0.298. The monoisotopic (exact) mass is 386 g/mol. The molecule has 9 heteroatoms. The van der Waals surface area contributed by atoms with E-state index in [4.69, 9.17) is 0 Å². The van der Waals surface area contributed by atoms with Gasteiger partial charge in [0, 0.05) is 32.7 Å². The third-order valence-corrected chi connectivity index (χ3v) is 5.54. The normalized spacial score (nSPS) is 17.5. The van der Waals surface area contributed by atoms with Crippen molar-refractivity contribution < 1.29 is 18.3 Å². The first kappa shape index (κ1) is 19.1. The van der Waals surface area contributed by atoms with Crippen molar-refractivity contribution in [3.8, 4) is 0 Å². The Hall–Kier alpha value is -1.71. The summed E-state index contributed by atoms with van der Waals surface area (Å²) in [5, 5.41) is 16.8. The number of benzene rings is 1. The Bertz CT molecular complexity index is 757. The molecule has 0 radical (unpaired) electrons. The lowest BCUT2D eigenvalue weighted by molar-refractivity contribution is -0.138. The third kappa shape index (κ3) is 4.33. The highest BCUT2D eigenvalue weighted by Crippen LogP contribution is 2.34. The molecule has 2 heterocycles. The lowest BCUT2D eigenvalue weighted by Gasteiger charge is -2.35. The molecular weight excluding hydrogens is 365 g/mol. The molecule has 1 atom stereocenters. The van der Waals surface area contributed by atoms with Crippen molar-refractivity contribution in [2.24, 2.45) is 0 Å². The lowest BCUT2D eigenvalue weighted by Crippen LogP contribution is -2.47. The number of nitrogens with zero attached hydrogens (tertiary/aromatic N) is 4. The van der Waals surface area contributed by atoms with E-state index in [-0.39, 0.29) is 0 Å². The fraction of sp³-hybridized carbons (Fsp3) is 0.529. The Labute approximate surface area is 154 Å². The highest BCUT2D eigenvalue weighted by Gasteiger charge is 2.36. The Morgan fingerprint density at radius 1 is 1.15 bits per heavy atom. The molecule has 1 saturated heterocycles. The number of aryl methyl sites for hydroxylation is 2. The molecule has 26 heavy (non-hydrogen) atoms. The number of alkyl halides is 3. The molecule has 1 aliphatic rings. The number of halogens is 3. The summed E-state index contributed by atoms with van der Waals surface area (Å²) in [7, 11) is 0. The summed E-state index contributed by atoms with van der Waals surface area (Å²) in [6, 6.07) is 5.98. The van der Waals surface area contributed by atoms with E-state index in [1.165, 1.54) is 0 Å². The molecule has 0 aliphatic carbocycles. The number of aromatic nitrogens is 2. The Kier molecular flexibility index (Phi) is 5.50. The summed E-state index contributed by atoms with van der Waals surface area (Å²) >= 11 is 0.572. The van der Waals surface area contributed by atoms with Crippen molar-refractivity contribution in [1.29, 1.82) is 0 Å². The maximum atomic E-state index is 12.6. The van der Waals surface area contributed by atoms with Crippen molar-refractivity contribution in [3.63, 3.8) is 0 Å². The van der Waals surface area contributed by atoms with E-state index >= 15 is 0 Å². The number of aliphatic hydroxyl groups is 1. The molecule has 1 aliphatic heterocycles.